The Morgan fingerprint density at radius 3 is 2.85 bits per heavy atom. The molecule has 0 spiro atoms. The minimum atomic E-state index is -0.427. The maximum atomic E-state index is 12.9. The number of anilines is 1. The van der Waals surface area contributed by atoms with Crippen LogP contribution in [0.2, 0.25) is 5.02 Å². The van der Waals surface area contributed by atoms with E-state index in [-0.39, 0.29) is 11.6 Å². The monoisotopic (exact) mass is 382 g/mol. The van der Waals surface area contributed by atoms with Crippen LogP contribution in [0.25, 0.3) is 0 Å². The van der Waals surface area contributed by atoms with Crippen LogP contribution in [0, 0.1) is 10.1 Å². The third kappa shape index (κ3) is 3.29. The van der Waals surface area contributed by atoms with Gasteiger partial charge in [0.25, 0.3) is 11.6 Å². The number of benzene rings is 2. The van der Waals surface area contributed by atoms with Crippen LogP contribution in [-0.2, 0) is 13.0 Å². The molecule has 7 nitrogen and oxygen atoms in total. The number of hydrogen-bond donors (Lipinski definition) is 0. The summed E-state index contributed by atoms with van der Waals surface area (Å²) < 4.78 is 1.67. The van der Waals surface area contributed by atoms with Crippen LogP contribution in [0.15, 0.2) is 54.9 Å². The third-order valence-corrected chi connectivity index (χ3v) is 4.95. The van der Waals surface area contributed by atoms with E-state index in [1.54, 1.807) is 21.8 Å². The predicted octanol–water partition coefficient (Wildman–Crippen LogP) is 3.70. The maximum Gasteiger partial charge on any atom is 0.269 e. The quantitative estimate of drug-likeness (QED) is 0.509. The second kappa shape index (κ2) is 6.85. The molecule has 4 rings (SSSR count). The van der Waals surface area contributed by atoms with Gasteiger partial charge in [0.2, 0.25) is 0 Å². The van der Waals surface area contributed by atoms with Crippen molar-refractivity contribution in [1.82, 2.24) is 9.78 Å². The molecule has 0 aliphatic carbocycles. The van der Waals surface area contributed by atoms with Gasteiger partial charge in [-0.3, -0.25) is 19.6 Å². The van der Waals surface area contributed by atoms with Crippen LogP contribution >= 0.6 is 11.6 Å². The van der Waals surface area contributed by atoms with Crippen molar-refractivity contribution in [2.45, 2.75) is 13.0 Å². The fourth-order valence-electron chi connectivity index (χ4n) is 3.23. The zero-order valence-corrected chi connectivity index (χ0v) is 15.0. The molecular weight excluding hydrogens is 368 g/mol. The van der Waals surface area contributed by atoms with Gasteiger partial charge in [0.15, 0.2) is 0 Å². The van der Waals surface area contributed by atoms with Gasteiger partial charge < -0.3 is 4.90 Å². The van der Waals surface area contributed by atoms with Gasteiger partial charge in [-0.15, -0.1) is 0 Å². The lowest BCUT2D eigenvalue weighted by atomic mass is 10.1. The second-order valence-electron chi connectivity index (χ2n) is 6.29. The lowest BCUT2D eigenvalue weighted by Gasteiger charge is -2.16. The second-order valence-corrected chi connectivity index (χ2v) is 6.70. The number of hydrogen-bond acceptors (Lipinski definition) is 4. The zero-order valence-electron chi connectivity index (χ0n) is 14.2. The number of rotatable bonds is 4. The summed E-state index contributed by atoms with van der Waals surface area (Å²) in [5.74, 6) is -0.173. The molecular formula is C19H15ClN4O3. The van der Waals surface area contributed by atoms with Crippen molar-refractivity contribution in [1.29, 1.82) is 0 Å². The van der Waals surface area contributed by atoms with E-state index in [1.807, 2.05) is 24.3 Å². The van der Waals surface area contributed by atoms with Crippen molar-refractivity contribution < 1.29 is 9.72 Å². The molecule has 1 aliphatic rings. The normalized spacial score (nSPS) is 12.9. The average molecular weight is 383 g/mol. The number of nitro groups is 1. The molecule has 0 fully saturated rings. The summed E-state index contributed by atoms with van der Waals surface area (Å²) in [6, 6.07) is 12.1. The smallest absolute Gasteiger partial charge is 0.269 e. The minimum Gasteiger partial charge on any atom is -0.308 e. The highest BCUT2D eigenvalue weighted by Gasteiger charge is 2.27. The lowest BCUT2D eigenvalue weighted by Crippen LogP contribution is -2.28. The molecule has 1 aromatic heterocycles. The number of nitrogens with zero attached hydrogens (tertiary/aromatic N) is 4. The fraction of sp³-hybridized carbons (Fsp3) is 0.158. The highest BCUT2D eigenvalue weighted by molar-refractivity contribution is 6.31. The summed E-state index contributed by atoms with van der Waals surface area (Å²) in [6.07, 6.45) is 3.81. The summed E-state index contributed by atoms with van der Waals surface area (Å²) in [4.78, 5) is 25.0. The van der Waals surface area contributed by atoms with Gasteiger partial charge in [-0.1, -0.05) is 29.8 Å². The van der Waals surface area contributed by atoms with E-state index in [1.165, 1.54) is 18.3 Å². The number of carbonyl (C=O) groups excluding carboxylic acids is 1. The van der Waals surface area contributed by atoms with Gasteiger partial charge in [-0.2, -0.15) is 5.10 Å². The predicted molar refractivity (Wildman–Crippen MR) is 101 cm³/mol. The molecule has 1 amide bonds. The Labute approximate surface area is 159 Å². The first-order valence-electron chi connectivity index (χ1n) is 8.38. The summed E-state index contributed by atoms with van der Waals surface area (Å²) in [7, 11) is 0. The molecule has 136 valence electrons. The van der Waals surface area contributed by atoms with Gasteiger partial charge in [-0.25, -0.2) is 0 Å². The number of nitro benzene ring substituents is 1. The van der Waals surface area contributed by atoms with E-state index in [2.05, 4.69) is 5.10 Å². The van der Waals surface area contributed by atoms with Crippen LogP contribution in [-0.4, -0.2) is 27.2 Å². The van der Waals surface area contributed by atoms with E-state index in [9.17, 15) is 14.9 Å². The molecule has 27 heavy (non-hydrogen) atoms. The van der Waals surface area contributed by atoms with E-state index < -0.39 is 4.92 Å². The Bertz CT molecular complexity index is 1050. The molecule has 2 aromatic carbocycles. The van der Waals surface area contributed by atoms with Crippen molar-refractivity contribution in [3.05, 3.63) is 86.7 Å². The highest BCUT2D eigenvalue weighted by Crippen LogP contribution is 2.32. The molecule has 1 aliphatic heterocycles. The first-order chi connectivity index (χ1) is 13.0. The van der Waals surface area contributed by atoms with Crippen molar-refractivity contribution in [2.24, 2.45) is 0 Å². The molecule has 0 radical (unpaired) electrons. The van der Waals surface area contributed by atoms with Gasteiger partial charge in [0, 0.05) is 35.6 Å². The van der Waals surface area contributed by atoms with Crippen molar-refractivity contribution in [3.8, 4) is 0 Å². The van der Waals surface area contributed by atoms with Crippen LogP contribution in [0.1, 0.15) is 21.5 Å². The molecule has 8 heteroatoms. The van der Waals surface area contributed by atoms with E-state index in [0.29, 0.717) is 35.8 Å². The molecule has 0 atom stereocenters. The highest BCUT2D eigenvalue weighted by atomic mass is 35.5. The molecule has 0 bridgehead atoms. The van der Waals surface area contributed by atoms with Gasteiger partial charge in [0.05, 0.1) is 23.2 Å². The van der Waals surface area contributed by atoms with Crippen LogP contribution in [0.4, 0.5) is 11.4 Å². The molecule has 0 unspecified atom stereocenters. The van der Waals surface area contributed by atoms with Crippen molar-refractivity contribution in [3.63, 3.8) is 0 Å². The van der Waals surface area contributed by atoms with E-state index >= 15 is 0 Å². The number of non-ortho nitro benzene ring substituents is 1. The summed E-state index contributed by atoms with van der Waals surface area (Å²) in [6.45, 7) is 0.959. The van der Waals surface area contributed by atoms with Crippen LogP contribution in [0.5, 0.6) is 0 Å². The first-order valence-corrected chi connectivity index (χ1v) is 8.76. The Morgan fingerprint density at radius 2 is 2.07 bits per heavy atom. The standard InChI is InChI=1S/C19H15ClN4O3/c20-17-4-2-1-3-14(17)11-22-12-15(10-21-22)19(25)23-8-7-13-9-16(24(26)27)5-6-18(13)23/h1-6,9-10,12H,7-8,11H2. The number of amides is 1. The van der Waals surface area contributed by atoms with Crippen LogP contribution in [0.3, 0.4) is 0 Å². The maximum absolute atomic E-state index is 12.9. The van der Waals surface area contributed by atoms with Gasteiger partial charge >= 0.3 is 0 Å². The fourth-order valence-corrected chi connectivity index (χ4v) is 3.43. The summed E-state index contributed by atoms with van der Waals surface area (Å²) >= 11 is 6.17. The average Bonchev–Trinajstić information content (AvgIpc) is 3.29. The molecule has 2 heterocycles. The molecule has 0 saturated heterocycles. The van der Waals surface area contributed by atoms with Gasteiger partial charge in [0.1, 0.15) is 0 Å². The summed E-state index contributed by atoms with van der Waals surface area (Å²) in [5, 5.41) is 15.8. The third-order valence-electron chi connectivity index (χ3n) is 4.58. The Balaban J connectivity index is 1.54. The van der Waals surface area contributed by atoms with E-state index in [0.717, 1.165) is 11.1 Å². The lowest BCUT2D eigenvalue weighted by molar-refractivity contribution is -0.384. The zero-order chi connectivity index (χ0) is 19.0. The van der Waals surface area contributed by atoms with E-state index in [4.69, 9.17) is 11.6 Å². The van der Waals surface area contributed by atoms with Crippen LogP contribution < -0.4 is 4.90 Å². The first kappa shape index (κ1) is 17.2. The number of aromatic nitrogens is 2. The number of carbonyl (C=O) groups is 1. The SMILES string of the molecule is O=C(c1cnn(Cc2ccccc2Cl)c1)N1CCc2cc([N+](=O)[O-])ccc21. The Morgan fingerprint density at radius 1 is 1.26 bits per heavy atom. The summed E-state index contributed by atoms with van der Waals surface area (Å²) in [5.41, 5.74) is 2.94. The van der Waals surface area contributed by atoms with Crippen molar-refractivity contribution >= 4 is 28.9 Å². The topological polar surface area (TPSA) is 81.3 Å². The molecule has 0 N–H and O–H groups in total. The number of halogens is 1. The minimum absolute atomic E-state index is 0.0376. The number of fused-ring (bicyclic) bond motifs is 1. The van der Waals surface area contributed by atoms with Gasteiger partial charge in [-0.05, 0) is 29.7 Å². The Kier molecular flexibility index (Phi) is 4.37. The Hall–Kier alpha value is -3.19. The van der Waals surface area contributed by atoms with Crippen molar-refractivity contribution in [2.75, 3.05) is 11.4 Å². The largest absolute Gasteiger partial charge is 0.308 e. The molecule has 0 saturated carbocycles. The molecule has 3 aromatic rings.